The van der Waals surface area contributed by atoms with Crippen molar-refractivity contribution in [2.75, 3.05) is 0 Å². The monoisotopic (exact) mass is 344 g/mol. The fourth-order valence-corrected chi connectivity index (χ4v) is 3.10. The van der Waals surface area contributed by atoms with Crippen LogP contribution < -0.4 is 0 Å². The van der Waals surface area contributed by atoms with Gasteiger partial charge >= 0.3 is 0 Å². The third-order valence-electron chi connectivity index (χ3n) is 5.52. The molecule has 0 saturated heterocycles. The zero-order valence-corrected chi connectivity index (χ0v) is 17.2. The Hall–Kier alpha value is -2.34. The second kappa shape index (κ2) is 9.38. The number of hydrogen-bond acceptors (Lipinski definition) is 0. The van der Waals surface area contributed by atoms with E-state index < -0.39 is 0 Å². The highest BCUT2D eigenvalue weighted by Gasteiger charge is 2.04. The molecule has 0 unspecified atom stereocenters. The van der Waals surface area contributed by atoms with Gasteiger partial charge < -0.3 is 0 Å². The van der Waals surface area contributed by atoms with Gasteiger partial charge in [-0.2, -0.15) is 0 Å². The summed E-state index contributed by atoms with van der Waals surface area (Å²) in [6, 6.07) is 21.6. The summed E-state index contributed by atoms with van der Waals surface area (Å²) >= 11 is 0. The fraction of sp³-hybridized carbons (Fsp3) is 0.308. The Kier molecular flexibility index (Phi) is 7.21. The minimum Gasteiger partial charge on any atom is -0.0620 e. The minimum atomic E-state index is 1.14. The molecule has 0 heteroatoms. The van der Waals surface area contributed by atoms with Gasteiger partial charge in [0.2, 0.25) is 0 Å². The Morgan fingerprint density at radius 3 is 1.12 bits per heavy atom. The van der Waals surface area contributed by atoms with Gasteiger partial charge in [0, 0.05) is 0 Å². The number of hydrogen-bond donors (Lipinski definition) is 0. The maximum absolute atomic E-state index is 2.26. The lowest BCUT2D eigenvalue weighted by atomic mass is 9.94. The highest BCUT2D eigenvalue weighted by Crippen LogP contribution is 2.18. The van der Waals surface area contributed by atoms with E-state index in [1.165, 1.54) is 44.5 Å². The third-order valence-corrected chi connectivity index (χ3v) is 5.52. The van der Waals surface area contributed by atoms with E-state index in [1.54, 1.807) is 0 Å². The highest BCUT2D eigenvalue weighted by molar-refractivity contribution is 5.36. The Morgan fingerprint density at radius 2 is 0.769 bits per heavy atom. The van der Waals surface area contributed by atoms with Crippen LogP contribution in [0.15, 0.2) is 60.7 Å². The van der Waals surface area contributed by atoms with Crippen molar-refractivity contribution in [2.24, 2.45) is 0 Å². The van der Waals surface area contributed by atoms with E-state index >= 15 is 0 Å². The van der Waals surface area contributed by atoms with Crippen LogP contribution in [0.5, 0.6) is 0 Å². The average molecular weight is 345 g/mol. The average Bonchev–Trinajstić information content (AvgIpc) is 2.63. The van der Waals surface area contributed by atoms with E-state index in [1.807, 2.05) is 0 Å². The van der Waals surface area contributed by atoms with E-state index in [-0.39, 0.29) is 0 Å². The summed E-state index contributed by atoms with van der Waals surface area (Å²) in [5.74, 6) is 0. The molecular weight excluding hydrogens is 312 g/mol. The van der Waals surface area contributed by atoms with Gasteiger partial charge in [-0.05, 0) is 98.9 Å². The standard InChI is InChI=1S/C18H22.C8H10/c1-13-7-5-9-17(15(13)3)11-12-18-10-6-8-14(2)16(18)4;1-7-5-3-4-6-8(7)2/h5-10H,11-12H2,1-4H3;3-6H,1-2H3. The van der Waals surface area contributed by atoms with E-state index in [4.69, 9.17) is 0 Å². The van der Waals surface area contributed by atoms with Crippen molar-refractivity contribution in [1.29, 1.82) is 0 Å². The number of rotatable bonds is 3. The van der Waals surface area contributed by atoms with Gasteiger partial charge in [0.1, 0.15) is 0 Å². The summed E-state index contributed by atoms with van der Waals surface area (Å²) in [5.41, 5.74) is 11.4. The van der Waals surface area contributed by atoms with Crippen molar-refractivity contribution in [3.05, 3.63) is 105 Å². The van der Waals surface area contributed by atoms with E-state index in [0.29, 0.717) is 0 Å². The van der Waals surface area contributed by atoms with Crippen LogP contribution in [0.1, 0.15) is 44.5 Å². The van der Waals surface area contributed by atoms with E-state index in [0.717, 1.165) is 12.8 Å². The summed E-state index contributed by atoms with van der Waals surface area (Å²) in [6.07, 6.45) is 2.27. The van der Waals surface area contributed by atoms with Crippen molar-refractivity contribution in [1.82, 2.24) is 0 Å². The van der Waals surface area contributed by atoms with Gasteiger partial charge in [0.05, 0.1) is 0 Å². The topological polar surface area (TPSA) is 0 Å². The Bertz CT molecular complexity index is 783. The normalized spacial score (nSPS) is 10.2. The van der Waals surface area contributed by atoms with Crippen LogP contribution in [-0.2, 0) is 12.8 Å². The summed E-state index contributed by atoms with van der Waals surface area (Å²) < 4.78 is 0. The van der Waals surface area contributed by atoms with Crippen LogP contribution in [0.2, 0.25) is 0 Å². The molecule has 0 aliphatic carbocycles. The molecule has 0 aliphatic heterocycles. The lowest BCUT2D eigenvalue weighted by Gasteiger charge is -2.11. The molecule has 0 saturated carbocycles. The molecule has 0 fully saturated rings. The zero-order chi connectivity index (χ0) is 19.1. The molecule has 3 aromatic rings. The maximum Gasteiger partial charge on any atom is -0.0235 e. The van der Waals surface area contributed by atoms with E-state index in [2.05, 4.69) is 102 Å². The second-order valence-electron chi connectivity index (χ2n) is 7.30. The van der Waals surface area contributed by atoms with Crippen molar-refractivity contribution in [3.63, 3.8) is 0 Å². The van der Waals surface area contributed by atoms with Crippen LogP contribution >= 0.6 is 0 Å². The summed E-state index contributed by atoms with van der Waals surface area (Å²) in [7, 11) is 0. The lowest BCUT2D eigenvalue weighted by Crippen LogP contribution is -1.98. The summed E-state index contributed by atoms with van der Waals surface area (Å²) in [6.45, 7) is 13.1. The number of benzene rings is 3. The molecule has 136 valence electrons. The fourth-order valence-electron chi connectivity index (χ4n) is 3.10. The van der Waals surface area contributed by atoms with Crippen molar-refractivity contribution >= 4 is 0 Å². The van der Waals surface area contributed by atoms with Crippen LogP contribution in [0.25, 0.3) is 0 Å². The molecule has 0 bridgehead atoms. The first-order valence-electron chi connectivity index (χ1n) is 9.52. The molecule has 0 radical (unpaired) electrons. The molecule has 26 heavy (non-hydrogen) atoms. The van der Waals surface area contributed by atoms with Gasteiger partial charge in [0.25, 0.3) is 0 Å². The molecule has 0 aliphatic rings. The number of aryl methyl sites for hydroxylation is 6. The van der Waals surface area contributed by atoms with Gasteiger partial charge in [-0.1, -0.05) is 60.7 Å². The molecule has 0 spiro atoms. The van der Waals surface area contributed by atoms with Crippen LogP contribution in [0.3, 0.4) is 0 Å². The third kappa shape index (κ3) is 5.33. The Morgan fingerprint density at radius 1 is 0.423 bits per heavy atom. The molecule has 0 atom stereocenters. The van der Waals surface area contributed by atoms with Gasteiger partial charge in [-0.3, -0.25) is 0 Å². The van der Waals surface area contributed by atoms with Gasteiger partial charge in [-0.25, -0.2) is 0 Å². The van der Waals surface area contributed by atoms with Crippen LogP contribution in [0.4, 0.5) is 0 Å². The largest absolute Gasteiger partial charge is 0.0620 e. The van der Waals surface area contributed by atoms with Crippen LogP contribution in [0, 0.1) is 41.5 Å². The highest BCUT2D eigenvalue weighted by atomic mass is 14.1. The molecule has 0 aromatic heterocycles. The predicted molar refractivity (Wildman–Crippen MR) is 115 cm³/mol. The SMILES string of the molecule is Cc1cccc(CCc2cccc(C)c2C)c1C.Cc1ccccc1C. The first-order valence-corrected chi connectivity index (χ1v) is 9.52. The minimum absolute atomic E-state index is 1.14. The van der Waals surface area contributed by atoms with E-state index in [9.17, 15) is 0 Å². The summed E-state index contributed by atoms with van der Waals surface area (Å²) in [4.78, 5) is 0. The molecule has 3 rings (SSSR count). The first-order chi connectivity index (χ1) is 12.4. The van der Waals surface area contributed by atoms with Gasteiger partial charge in [0.15, 0.2) is 0 Å². The summed E-state index contributed by atoms with van der Waals surface area (Å²) in [5, 5.41) is 0. The smallest absolute Gasteiger partial charge is 0.0235 e. The quantitative estimate of drug-likeness (QED) is 0.479. The van der Waals surface area contributed by atoms with Crippen molar-refractivity contribution in [3.8, 4) is 0 Å². The van der Waals surface area contributed by atoms with Crippen LogP contribution in [-0.4, -0.2) is 0 Å². The van der Waals surface area contributed by atoms with Crippen molar-refractivity contribution in [2.45, 2.75) is 54.4 Å². The Balaban J connectivity index is 0.000000254. The first kappa shape index (κ1) is 20.0. The second-order valence-corrected chi connectivity index (χ2v) is 7.30. The van der Waals surface area contributed by atoms with Crippen molar-refractivity contribution < 1.29 is 0 Å². The van der Waals surface area contributed by atoms with Gasteiger partial charge in [-0.15, -0.1) is 0 Å². The zero-order valence-electron chi connectivity index (χ0n) is 17.2. The molecule has 3 aromatic carbocycles. The molecule has 0 nitrogen and oxygen atoms in total. The molecule has 0 N–H and O–H groups in total. The molecular formula is C26H32. The lowest BCUT2D eigenvalue weighted by molar-refractivity contribution is 0.932. The molecule has 0 heterocycles. The predicted octanol–water partition coefficient (Wildman–Crippen LogP) is 7.01. The maximum atomic E-state index is 2.26. The Labute approximate surface area is 159 Å². The molecule has 0 amide bonds.